The highest BCUT2D eigenvalue weighted by Crippen LogP contribution is 2.57. The summed E-state index contributed by atoms with van der Waals surface area (Å²) in [4.78, 5) is 3.95. The van der Waals surface area contributed by atoms with Gasteiger partial charge in [-0.15, -0.1) is 0 Å². The smallest absolute Gasteiger partial charge is 0.473 e. The number of rotatable bonds is 7. The van der Waals surface area contributed by atoms with Crippen molar-refractivity contribution >= 4 is 29.3 Å². The number of nitrogens with zero attached hydrogens (tertiary/aromatic N) is 1. The molecule has 7 heteroatoms. The molecule has 180 valence electrons. The second kappa shape index (κ2) is 12.0. The Morgan fingerprint density at radius 2 is 1.00 bits per heavy atom. The summed E-state index contributed by atoms with van der Waals surface area (Å²) in [5, 5.41) is 2.06. The Morgan fingerprint density at radius 3 is 1.37 bits per heavy atom. The minimum atomic E-state index is -4.74. The van der Waals surface area contributed by atoms with Crippen LogP contribution in [-0.4, -0.2) is 18.6 Å². The molecule has 0 fully saturated rings. The Kier molecular flexibility index (Phi) is 9.08. The topological polar surface area (TPSA) is 21.6 Å². The summed E-state index contributed by atoms with van der Waals surface area (Å²) >= 11 is 0. The number of hydrogen-bond donors (Lipinski definition) is 0. The molecule has 0 bridgehead atoms. The van der Waals surface area contributed by atoms with Crippen LogP contribution in [0.2, 0.25) is 0 Å². The van der Waals surface area contributed by atoms with Crippen LogP contribution in [0.5, 0.6) is 0 Å². The molecule has 2 nitrogen and oxygen atoms in total. The summed E-state index contributed by atoms with van der Waals surface area (Å²) < 4.78 is 49.0. The molecule has 0 aliphatic heterocycles. The highest BCUT2D eigenvalue weighted by Gasteiger charge is 2.55. The largest absolute Gasteiger partial charge is 1.00 e. The molecular weight excluding hydrogens is 490 g/mol. The van der Waals surface area contributed by atoms with E-state index >= 15 is 0 Å². The fourth-order valence-corrected chi connectivity index (χ4v) is 7.16. The first-order valence-corrected chi connectivity index (χ1v) is 12.6. The van der Waals surface area contributed by atoms with Crippen LogP contribution in [0.4, 0.5) is 13.2 Å². The molecule has 0 atom stereocenters. The van der Waals surface area contributed by atoms with Crippen molar-refractivity contribution in [1.82, 2.24) is 0 Å². The third-order valence-corrected chi connectivity index (χ3v) is 8.85. The third-order valence-electron chi connectivity index (χ3n) is 5.32. The monoisotopic (exact) mass is 513 g/mol. The molecule has 0 aliphatic rings. The van der Waals surface area contributed by atoms with Crippen LogP contribution in [0, 0.1) is 0 Å². The average molecular weight is 514 g/mol. The molecule has 0 N–H and O–H groups in total. The molecule has 4 rings (SSSR count). The lowest BCUT2D eigenvalue weighted by molar-refractivity contribution is -0.0706. The van der Waals surface area contributed by atoms with Crippen LogP contribution in [0.25, 0.3) is 0 Å². The van der Waals surface area contributed by atoms with Gasteiger partial charge in [-0.05, 0) is 48.4 Å². The van der Waals surface area contributed by atoms with Gasteiger partial charge in [-0.3, -0.25) is 0 Å². The summed E-state index contributed by atoms with van der Waals surface area (Å²) in [6.45, 7) is -0.0305. The molecule has 0 saturated heterocycles. The van der Waals surface area contributed by atoms with Crippen molar-refractivity contribution in [2.45, 2.75) is 12.6 Å². The van der Waals surface area contributed by atoms with Gasteiger partial charge in [-0.25, -0.2) is 4.99 Å². The van der Waals surface area contributed by atoms with Gasteiger partial charge < -0.3 is 16.9 Å². The number of hydrogen-bond acceptors (Lipinski definition) is 2. The van der Waals surface area contributed by atoms with Crippen molar-refractivity contribution < 1.29 is 30.1 Å². The fraction of sp³-hybridized carbons (Fsp3) is 0.107. The van der Waals surface area contributed by atoms with E-state index in [1.54, 1.807) is 0 Å². The second-order valence-electron chi connectivity index (χ2n) is 7.63. The van der Waals surface area contributed by atoms with Crippen LogP contribution < -0.4 is 28.3 Å². The Bertz CT molecular complexity index is 1110. The van der Waals surface area contributed by atoms with Crippen LogP contribution in [0.3, 0.4) is 0 Å². The van der Waals surface area contributed by atoms with Crippen LogP contribution in [-0.2, 0) is 10.9 Å². The standard InChI is InChI=1S/C28H24F3NOP.ClH/c29-28(30,31)27(32-22-21-23-13-5-1-6-14-23)33-34(24-15-7-2-8-16-24,25-17-9-3-10-18-25)26-19-11-4-12-20-26;/h1-20H,21-22H2;1H/q+1;/p-1. The Balaban J connectivity index is 0.00000342. The summed E-state index contributed by atoms with van der Waals surface area (Å²) in [6, 6.07) is 36.7. The average Bonchev–Trinajstić information content (AvgIpc) is 2.88. The van der Waals surface area contributed by atoms with Crippen LogP contribution in [0.1, 0.15) is 5.56 Å². The van der Waals surface area contributed by atoms with Gasteiger partial charge in [0.15, 0.2) is 0 Å². The fourth-order valence-electron chi connectivity index (χ4n) is 3.75. The second-order valence-corrected chi connectivity index (χ2v) is 10.6. The molecule has 0 aliphatic carbocycles. The third kappa shape index (κ3) is 6.30. The van der Waals surface area contributed by atoms with Crippen molar-refractivity contribution in [3.05, 3.63) is 127 Å². The molecule has 0 unspecified atom stereocenters. The van der Waals surface area contributed by atoms with E-state index in [2.05, 4.69) is 4.99 Å². The molecule has 4 aromatic carbocycles. The van der Waals surface area contributed by atoms with E-state index in [1.807, 2.05) is 121 Å². The van der Waals surface area contributed by atoms with Crippen molar-refractivity contribution in [2.75, 3.05) is 6.54 Å². The van der Waals surface area contributed by atoms with E-state index in [0.29, 0.717) is 22.3 Å². The zero-order valence-corrected chi connectivity index (χ0v) is 20.4. The zero-order chi connectivity index (χ0) is 23.9. The molecule has 0 amide bonds. The van der Waals surface area contributed by atoms with Gasteiger partial charge in [0.25, 0.3) is 7.49 Å². The van der Waals surface area contributed by atoms with E-state index < -0.39 is 19.6 Å². The normalized spacial score (nSPS) is 12.0. The zero-order valence-electron chi connectivity index (χ0n) is 18.8. The Hall–Kier alpha value is -3.14. The molecular formula is C28H24ClF3NOP. The van der Waals surface area contributed by atoms with Gasteiger partial charge in [-0.1, -0.05) is 84.9 Å². The Labute approximate surface area is 210 Å². The molecule has 35 heavy (non-hydrogen) atoms. The quantitative estimate of drug-likeness (QED) is 0.211. The number of aliphatic imine (C=N–C) groups is 1. The predicted molar refractivity (Wildman–Crippen MR) is 135 cm³/mol. The number of halogens is 4. The minimum absolute atomic E-state index is 0. The predicted octanol–water partition coefficient (Wildman–Crippen LogP) is 3.12. The van der Waals surface area contributed by atoms with E-state index in [1.165, 1.54) is 0 Å². The van der Waals surface area contributed by atoms with Crippen molar-refractivity contribution in [1.29, 1.82) is 0 Å². The molecule has 0 saturated carbocycles. The maximum absolute atomic E-state index is 14.3. The number of alkyl halides is 3. The summed E-state index contributed by atoms with van der Waals surface area (Å²) in [7, 11) is -3.17. The molecule has 0 spiro atoms. The minimum Gasteiger partial charge on any atom is -1.00 e. The van der Waals surface area contributed by atoms with E-state index in [-0.39, 0.29) is 19.0 Å². The molecule has 4 aromatic rings. The highest BCUT2D eigenvalue weighted by atomic mass is 35.5. The van der Waals surface area contributed by atoms with Crippen LogP contribution in [0.15, 0.2) is 126 Å². The van der Waals surface area contributed by atoms with Gasteiger partial charge in [0.05, 0.1) is 0 Å². The van der Waals surface area contributed by atoms with E-state index in [9.17, 15) is 13.2 Å². The van der Waals surface area contributed by atoms with Crippen molar-refractivity contribution in [3.63, 3.8) is 0 Å². The van der Waals surface area contributed by atoms with E-state index in [0.717, 1.165) is 5.56 Å². The first-order valence-electron chi connectivity index (χ1n) is 10.9. The molecule has 0 aromatic heterocycles. The van der Waals surface area contributed by atoms with Gasteiger partial charge in [0, 0.05) is 6.54 Å². The number of benzene rings is 4. The van der Waals surface area contributed by atoms with E-state index in [4.69, 9.17) is 4.52 Å². The van der Waals surface area contributed by atoms with Gasteiger partial charge in [-0.2, -0.15) is 13.2 Å². The molecule has 0 radical (unpaired) electrons. The first-order chi connectivity index (χ1) is 16.5. The Morgan fingerprint density at radius 1 is 0.629 bits per heavy atom. The molecule has 0 heterocycles. The van der Waals surface area contributed by atoms with Gasteiger partial charge in [0.1, 0.15) is 15.9 Å². The van der Waals surface area contributed by atoms with Gasteiger partial charge >= 0.3 is 12.1 Å². The first kappa shape index (κ1) is 26.5. The van der Waals surface area contributed by atoms with Crippen molar-refractivity contribution in [3.8, 4) is 0 Å². The highest BCUT2D eigenvalue weighted by molar-refractivity contribution is 7.92. The SMILES string of the molecule is FC(F)(F)C(=NCCc1ccccc1)O[P+](c1ccccc1)(c1ccccc1)c1ccccc1.[Cl-]. The lowest BCUT2D eigenvalue weighted by Crippen LogP contribution is -3.00. The lowest BCUT2D eigenvalue weighted by Gasteiger charge is -2.27. The summed E-state index contributed by atoms with van der Waals surface area (Å²) in [5.41, 5.74) is 0.919. The van der Waals surface area contributed by atoms with Gasteiger partial charge in [0.2, 0.25) is 0 Å². The maximum Gasteiger partial charge on any atom is 0.473 e. The van der Waals surface area contributed by atoms with Crippen LogP contribution >= 0.6 is 7.49 Å². The lowest BCUT2D eigenvalue weighted by atomic mass is 10.2. The summed E-state index contributed by atoms with van der Waals surface area (Å²) in [5.74, 6) is -1.20. The summed E-state index contributed by atoms with van der Waals surface area (Å²) in [6.07, 6.45) is -4.35. The maximum atomic E-state index is 14.3. The van der Waals surface area contributed by atoms with Crippen molar-refractivity contribution in [2.24, 2.45) is 4.99 Å².